The lowest BCUT2D eigenvalue weighted by atomic mass is 10.1. The highest BCUT2D eigenvalue weighted by molar-refractivity contribution is 5.19. The zero-order chi connectivity index (χ0) is 11.5. The highest BCUT2D eigenvalue weighted by atomic mass is 16.5. The molecule has 1 aliphatic rings. The van der Waals surface area contributed by atoms with Crippen LogP contribution in [0.4, 0.5) is 0 Å². The average Bonchev–Trinajstić information content (AvgIpc) is 2.88. The molecule has 0 saturated carbocycles. The first-order valence-corrected chi connectivity index (χ1v) is 5.98. The maximum absolute atomic E-state index is 5.37. The molecule has 1 aliphatic heterocycles. The van der Waals surface area contributed by atoms with E-state index in [2.05, 4.69) is 24.3 Å². The number of aromatic nitrogens is 2. The summed E-state index contributed by atoms with van der Waals surface area (Å²) in [7, 11) is 1.98. The molecule has 4 heteroatoms. The van der Waals surface area contributed by atoms with Gasteiger partial charge in [-0.25, -0.2) is 0 Å². The van der Waals surface area contributed by atoms with E-state index < -0.39 is 0 Å². The Morgan fingerprint density at radius 3 is 3.06 bits per heavy atom. The fraction of sp³-hybridized carbons (Fsp3) is 0.750. The van der Waals surface area contributed by atoms with E-state index in [1.807, 2.05) is 17.9 Å². The van der Waals surface area contributed by atoms with Crippen LogP contribution >= 0.6 is 0 Å². The van der Waals surface area contributed by atoms with Crippen LogP contribution in [0.1, 0.15) is 30.6 Å². The van der Waals surface area contributed by atoms with Gasteiger partial charge in [0.25, 0.3) is 0 Å². The summed E-state index contributed by atoms with van der Waals surface area (Å²) in [6.07, 6.45) is 3.14. The largest absolute Gasteiger partial charge is 0.381 e. The molecule has 0 radical (unpaired) electrons. The van der Waals surface area contributed by atoms with Crippen molar-refractivity contribution in [1.29, 1.82) is 0 Å². The van der Waals surface area contributed by atoms with Crippen molar-refractivity contribution in [1.82, 2.24) is 15.1 Å². The molecule has 1 fully saturated rings. The number of hydrogen-bond acceptors (Lipinski definition) is 3. The molecule has 2 rings (SSSR count). The standard InChI is InChI=1S/C12H21N3O/c1-9(12-7-14-15(3)10(12)2)13-6-11-4-5-16-8-11/h7,9,11,13H,4-6,8H2,1-3H3. The van der Waals surface area contributed by atoms with Gasteiger partial charge in [-0.1, -0.05) is 0 Å². The quantitative estimate of drug-likeness (QED) is 0.839. The van der Waals surface area contributed by atoms with Crippen molar-refractivity contribution in [3.05, 3.63) is 17.5 Å². The first-order valence-electron chi connectivity index (χ1n) is 5.98. The Bertz CT molecular complexity index is 342. The van der Waals surface area contributed by atoms with Crippen molar-refractivity contribution in [2.45, 2.75) is 26.3 Å². The summed E-state index contributed by atoms with van der Waals surface area (Å²) in [6, 6.07) is 0.370. The molecule has 16 heavy (non-hydrogen) atoms. The van der Waals surface area contributed by atoms with Crippen molar-refractivity contribution >= 4 is 0 Å². The number of aryl methyl sites for hydroxylation is 1. The fourth-order valence-electron chi connectivity index (χ4n) is 2.14. The lowest BCUT2D eigenvalue weighted by Crippen LogP contribution is -2.26. The van der Waals surface area contributed by atoms with Crippen LogP contribution in [0, 0.1) is 12.8 Å². The van der Waals surface area contributed by atoms with Gasteiger partial charge in [0, 0.05) is 37.5 Å². The second-order valence-corrected chi connectivity index (χ2v) is 4.67. The number of nitrogens with zero attached hydrogens (tertiary/aromatic N) is 2. The molecule has 2 atom stereocenters. The van der Waals surface area contributed by atoms with Gasteiger partial charge in [-0.3, -0.25) is 4.68 Å². The van der Waals surface area contributed by atoms with Gasteiger partial charge in [-0.15, -0.1) is 0 Å². The summed E-state index contributed by atoms with van der Waals surface area (Å²) in [4.78, 5) is 0. The van der Waals surface area contributed by atoms with Gasteiger partial charge in [0.05, 0.1) is 12.8 Å². The zero-order valence-corrected chi connectivity index (χ0v) is 10.4. The number of nitrogens with one attached hydrogen (secondary N) is 1. The number of rotatable bonds is 4. The molecule has 1 aromatic rings. The Morgan fingerprint density at radius 2 is 2.50 bits per heavy atom. The van der Waals surface area contributed by atoms with E-state index in [1.54, 1.807) is 0 Å². The van der Waals surface area contributed by atoms with Gasteiger partial charge in [-0.05, 0) is 26.2 Å². The fourth-order valence-corrected chi connectivity index (χ4v) is 2.14. The van der Waals surface area contributed by atoms with E-state index in [1.165, 1.54) is 17.7 Å². The van der Waals surface area contributed by atoms with E-state index in [-0.39, 0.29) is 0 Å². The van der Waals surface area contributed by atoms with Crippen LogP contribution in [0.25, 0.3) is 0 Å². The summed E-state index contributed by atoms with van der Waals surface area (Å²) in [5.74, 6) is 0.680. The zero-order valence-electron chi connectivity index (χ0n) is 10.4. The molecule has 1 N–H and O–H groups in total. The first-order chi connectivity index (χ1) is 7.68. The molecular weight excluding hydrogens is 202 g/mol. The lowest BCUT2D eigenvalue weighted by molar-refractivity contribution is 0.184. The molecule has 0 spiro atoms. The molecule has 2 heterocycles. The average molecular weight is 223 g/mol. The first kappa shape index (κ1) is 11.6. The van der Waals surface area contributed by atoms with Gasteiger partial charge >= 0.3 is 0 Å². The van der Waals surface area contributed by atoms with Crippen LogP contribution in [0.2, 0.25) is 0 Å². The molecule has 4 nitrogen and oxygen atoms in total. The van der Waals surface area contributed by atoms with E-state index in [9.17, 15) is 0 Å². The Hall–Kier alpha value is -0.870. The van der Waals surface area contributed by atoms with Crippen molar-refractivity contribution in [3.8, 4) is 0 Å². The van der Waals surface area contributed by atoms with Crippen molar-refractivity contribution < 1.29 is 4.74 Å². The summed E-state index contributed by atoms with van der Waals surface area (Å²) in [6.45, 7) is 7.17. The predicted octanol–water partition coefficient (Wildman–Crippen LogP) is 1.42. The predicted molar refractivity (Wildman–Crippen MR) is 63.3 cm³/mol. The normalized spacial score (nSPS) is 22.6. The second-order valence-electron chi connectivity index (χ2n) is 4.67. The van der Waals surface area contributed by atoms with E-state index in [0.717, 1.165) is 19.8 Å². The molecule has 0 aliphatic carbocycles. The molecule has 0 aromatic carbocycles. The Morgan fingerprint density at radius 1 is 1.69 bits per heavy atom. The van der Waals surface area contributed by atoms with Crippen LogP contribution in [-0.4, -0.2) is 29.5 Å². The molecular formula is C12H21N3O. The van der Waals surface area contributed by atoms with Crippen LogP contribution in [0.3, 0.4) is 0 Å². The monoisotopic (exact) mass is 223 g/mol. The minimum atomic E-state index is 0.370. The summed E-state index contributed by atoms with van der Waals surface area (Å²) in [5.41, 5.74) is 2.53. The topological polar surface area (TPSA) is 39.1 Å². The maximum atomic E-state index is 5.37. The Balaban J connectivity index is 1.87. The smallest absolute Gasteiger partial charge is 0.0540 e. The summed E-state index contributed by atoms with van der Waals surface area (Å²) in [5, 5.41) is 7.83. The van der Waals surface area contributed by atoms with Crippen LogP contribution < -0.4 is 5.32 Å². The van der Waals surface area contributed by atoms with E-state index in [4.69, 9.17) is 4.74 Å². The molecule has 0 bridgehead atoms. The van der Waals surface area contributed by atoms with Gasteiger partial charge in [0.15, 0.2) is 0 Å². The molecule has 2 unspecified atom stereocenters. The van der Waals surface area contributed by atoms with Crippen molar-refractivity contribution in [2.24, 2.45) is 13.0 Å². The summed E-state index contributed by atoms with van der Waals surface area (Å²) >= 11 is 0. The Kier molecular flexibility index (Phi) is 3.61. The lowest BCUT2D eigenvalue weighted by Gasteiger charge is -2.16. The third-order valence-electron chi connectivity index (χ3n) is 3.48. The number of ether oxygens (including phenoxy) is 1. The minimum absolute atomic E-state index is 0.370. The van der Waals surface area contributed by atoms with Crippen LogP contribution in [0.15, 0.2) is 6.20 Å². The second kappa shape index (κ2) is 4.97. The van der Waals surface area contributed by atoms with Gasteiger partial charge < -0.3 is 10.1 Å². The molecule has 1 saturated heterocycles. The molecule has 90 valence electrons. The van der Waals surface area contributed by atoms with Crippen molar-refractivity contribution in [3.63, 3.8) is 0 Å². The van der Waals surface area contributed by atoms with E-state index in [0.29, 0.717) is 12.0 Å². The molecule has 0 amide bonds. The Labute approximate surface area is 97.0 Å². The third-order valence-corrected chi connectivity index (χ3v) is 3.48. The maximum Gasteiger partial charge on any atom is 0.0540 e. The SMILES string of the molecule is Cc1c(C(C)NCC2CCOC2)cnn1C. The van der Waals surface area contributed by atoms with Gasteiger partial charge in [0.1, 0.15) is 0 Å². The van der Waals surface area contributed by atoms with Crippen molar-refractivity contribution in [2.75, 3.05) is 19.8 Å². The highest BCUT2D eigenvalue weighted by Crippen LogP contribution is 2.17. The molecule has 1 aromatic heterocycles. The highest BCUT2D eigenvalue weighted by Gasteiger charge is 2.17. The van der Waals surface area contributed by atoms with Gasteiger partial charge in [0.2, 0.25) is 0 Å². The van der Waals surface area contributed by atoms with Crippen LogP contribution in [0.5, 0.6) is 0 Å². The third kappa shape index (κ3) is 2.44. The van der Waals surface area contributed by atoms with E-state index >= 15 is 0 Å². The minimum Gasteiger partial charge on any atom is -0.381 e. The summed E-state index contributed by atoms with van der Waals surface area (Å²) < 4.78 is 7.29. The number of hydrogen-bond donors (Lipinski definition) is 1. The van der Waals surface area contributed by atoms with Crippen LogP contribution in [-0.2, 0) is 11.8 Å². The van der Waals surface area contributed by atoms with Gasteiger partial charge in [-0.2, -0.15) is 5.10 Å².